The van der Waals surface area contributed by atoms with E-state index in [2.05, 4.69) is 26.3 Å². The minimum atomic E-state index is -3.80. The van der Waals surface area contributed by atoms with E-state index in [0.29, 0.717) is 4.47 Å². The molecule has 8 nitrogen and oxygen atoms in total. The molecule has 118 valence electrons. The number of aliphatic hydroxyl groups is 1. The second kappa shape index (κ2) is 6.55. The third-order valence-corrected chi connectivity index (χ3v) is 5.35. The third-order valence-electron chi connectivity index (χ3n) is 3.07. The fourth-order valence-electron chi connectivity index (χ4n) is 2.16. The Kier molecular flexibility index (Phi) is 5.17. The summed E-state index contributed by atoms with van der Waals surface area (Å²) in [4.78, 5) is 3.92. The van der Waals surface area contributed by atoms with Gasteiger partial charge in [-0.05, 0) is 28.9 Å². The van der Waals surface area contributed by atoms with Crippen molar-refractivity contribution in [3.8, 4) is 0 Å². The Bertz CT molecular complexity index is 612. The van der Waals surface area contributed by atoms with Gasteiger partial charge in [-0.3, -0.25) is 0 Å². The van der Waals surface area contributed by atoms with Crippen molar-refractivity contribution >= 4 is 31.8 Å². The Morgan fingerprint density at radius 3 is 2.95 bits per heavy atom. The molecule has 0 amide bonds. The van der Waals surface area contributed by atoms with Gasteiger partial charge in [-0.25, -0.2) is 19.2 Å². The van der Waals surface area contributed by atoms with Crippen LogP contribution < -0.4 is 11.3 Å². The number of aliphatic hydroxyl groups excluding tert-OH is 1. The molecule has 0 spiro atoms. The Labute approximate surface area is 131 Å². The zero-order valence-electron chi connectivity index (χ0n) is 11.4. The number of anilines is 1. The topological polar surface area (TPSA) is 118 Å². The van der Waals surface area contributed by atoms with E-state index in [9.17, 15) is 13.5 Å². The highest BCUT2D eigenvalue weighted by Gasteiger charge is 2.35. The molecule has 0 aromatic carbocycles. The van der Waals surface area contributed by atoms with Crippen LogP contribution in [0.4, 0.5) is 5.82 Å². The number of sulfonamides is 1. The zero-order chi connectivity index (χ0) is 15.6. The van der Waals surface area contributed by atoms with Gasteiger partial charge < -0.3 is 15.3 Å². The summed E-state index contributed by atoms with van der Waals surface area (Å²) in [5.74, 6) is 5.40. The molecule has 1 aliphatic heterocycles. The molecule has 0 saturated carbocycles. The van der Waals surface area contributed by atoms with Crippen molar-refractivity contribution in [3.63, 3.8) is 0 Å². The van der Waals surface area contributed by atoms with Crippen molar-refractivity contribution in [2.75, 3.05) is 25.1 Å². The van der Waals surface area contributed by atoms with Gasteiger partial charge in [0.05, 0.1) is 18.8 Å². The maximum Gasteiger partial charge on any atom is 0.247 e. The molecular formula is C11H17BrN4O4S. The molecule has 2 atom stereocenters. The molecule has 0 aliphatic carbocycles. The Balaban J connectivity index is 2.39. The zero-order valence-corrected chi connectivity index (χ0v) is 13.8. The molecule has 1 aromatic heterocycles. The number of nitrogens with two attached hydrogens (primary N) is 1. The Morgan fingerprint density at radius 1 is 1.62 bits per heavy atom. The van der Waals surface area contributed by atoms with Gasteiger partial charge in [0.2, 0.25) is 10.0 Å². The lowest BCUT2D eigenvalue weighted by Gasteiger charge is -2.35. The molecule has 21 heavy (non-hydrogen) atoms. The van der Waals surface area contributed by atoms with E-state index in [1.807, 2.05) is 0 Å². The van der Waals surface area contributed by atoms with Crippen LogP contribution in [0.3, 0.4) is 0 Å². The van der Waals surface area contributed by atoms with Crippen LogP contribution in [0.5, 0.6) is 0 Å². The van der Waals surface area contributed by atoms with E-state index < -0.39 is 16.1 Å². The molecule has 2 rings (SSSR count). The standard InChI is InChI=1S/C11H17BrN4O4S/c1-7-4-16(5-9(6-17)20-7)21(18,19)10-2-8(12)3-14-11(10)15-13/h2-3,7,9,17H,4-6,13H2,1H3,(H,14,15). The van der Waals surface area contributed by atoms with Crippen LogP contribution in [0.1, 0.15) is 6.92 Å². The second-order valence-electron chi connectivity index (χ2n) is 4.72. The van der Waals surface area contributed by atoms with E-state index >= 15 is 0 Å². The number of halogens is 1. The van der Waals surface area contributed by atoms with Gasteiger partial charge in [-0.15, -0.1) is 0 Å². The van der Waals surface area contributed by atoms with Crippen LogP contribution in [0.25, 0.3) is 0 Å². The third kappa shape index (κ3) is 3.52. The number of nitrogens with one attached hydrogen (secondary N) is 1. The summed E-state index contributed by atoms with van der Waals surface area (Å²) >= 11 is 3.20. The highest BCUT2D eigenvalue weighted by molar-refractivity contribution is 9.10. The second-order valence-corrected chi connectivity index (χ2v) is 7.54. The van der Waals surface area contributed by atoms with Gasteiger partial charge in [0.1, 0.15) is 4.90 Å². The van der Waals surface area contributed by atoms with Crippen molar-refractivity contribution in [1.82, 2.24) is 9.29 Å². The molecule has 2 unspecified atom stereocenters. The predicted octanol–water partition coefficient (Wildman–Crippen LogP) is -0.1000. The van der Waals surface area contributed by atoms with E-state index in [1.165, 1.54) is 16.6 Å². The molecule has 1 aromatic rings. The summed E-state index contributed by atoms with van der Waals surface area (Å²) in [6.07, 6.45) is 0.602. The number of hydrogen-bond acceptors (Lipinski definition) is 7. The largest absolute Gasteiger partial charge is 0.394 e. The molecule has 4 N–H and O–H groups in total. The SMILES string of the molecule is CC1CN(S(=O)(=O)c2cc(Br)cnc2NN)CC(CO)O1. The van der Waals surface area contributed by atoms with Gasteiger partial charge >= 0.3 is 0 Å². The first-order chi connectivity index (χ1) is 9.88. The monoisotopic (exact) mass is 380 g/mol. The maximum absolute atomic E-state index is 12.8. The summed E-state index contributed by atoms with van der Waals surface area (Å²) < 4.78 is 32.8. The van der Waals surface area contributed by atoms with Crippen molar-refractivity contribution in [3.05, 3.63) is 16.7 Å². The van der Waals surface area contributed by atoms with Crippen molar-refractivity contribution in [1.29, 1.82) is 0 Å². The number of nitrogens with zero attached hydrogens (tertiary/aromatic N) is 2. The first kappa shape index (κ1) is 16.6. The molecule has 0 radical (unpaired) electrons. The predicted molar refractivity (Wildman–Crippen MR) is 79.9 cm³/mol. The maximum atomic E-state index is 12.8. The highest BCUT2D eigenvalue weighted by Crippen LogP contribution is 2.27. The van der Waals surface area contributed by atoms with E-state index in [0.717, 1.165) is 0 Å². The average Bonchev–Trinajstić information content (AvgIpc) is 2.46. The van der Waals surface area contributed by atoms with Crippen LogP contribution >= 0.6 is 15.9 Å². The summed E-state index contributed by atoms with van der Waals surface area (Å²) in [6, 6.07) is 1.44. The normalized spacial score (nSPS) is 24.0. The average molecular weight is 381 g/mol. The van der Waals surface area contributed by atoms with Gasteiger partial charge in [0, 0.05) is 23.8 Å². The minimum Gasteiger partial charge on any atom is -0.394 e. The highest BCUT2D eigenvalue weighted by atomic mass is 79.9. The number of aromatic nitrogens is 1. The fraction of sp³-hybridized carbons (Fsp3) is 0.545. The van der Waals surface area contributed by atoms with Crippen molar-refractivity contribution in [2.45, 2.75) is 24.0 Å². The summed E-state index contributed by atoms with van der Waals surface area (Å²) in [6.45, 7) is 1.80. The number of hydrazine groups is 1. The Hall–Kier alpha value is -0.780. The first-order valence-corrected chi connectivity index (χ1v) is 8.50. The number of morpholine rings is 1. The van der Waals surface area contributed by atoms with Gasteiger partial charge in [-0.1, -0.05) is 0 Å². The van der Waals surface area contributed by atoms with Gasteiger partial charge in [0.25, 0.3) is 0 Å². The fourth-order valence-corrected chi connectivity index (χ4v) is 4.33. The number of pyridine rings is 1. The number of hydrogen-bond donors (Lipinski definition) is 3. The van der Waals surface area contributed by atoms with Crippen LogP contribution in [0.15, 0.2) is 21.6 Å². The number of ether oxygens (including phenoxy) is 1. The quantitative estimate of drug-likeness (QED) is 0.492. The molecule has 0 bridgehead atoms. The Morgan fingerprint density at radius 2 is 2.33 bits per heavy atom. The van der Waals surface area contributed by atoms with Crippen LogP contribution in [-0.4, -0.2) is 54.7 Å². The molecule has 1 saturated heterocycles. The van der Waals surface area contributed by atoms with E-state index in [4.69, 9.17) is 10.6 Å². The molecule has 1 aliphatic rings. The lowest BCUT2D eigenvalue weighted by atomic mass is 10.2. The number of rotatable bonds is 4. The first-order valence-electron chi connectivity index (χ1n) is 6.27. The molecule has 2 heterocycles. The lowest BCUT2D eigenvalue weighted by Crippen LogP contribution is -2.50. The van der Waals surface area contributed by atoms with Gasteiger partial charge in [-0.2, -0.15) is 4.31 Å². The smallest absolute Gasteiger partial charge is 0.247 e. The number of nitrogen functional groups attached to an aromatic ring is 1. The van der Waals surface area contributed by atoms with E-state index in [-0.39, 0.29) is 36.5 Å². The molecular weight excluding hydrogens is 364 g/mol. The molecule has 1 fully saturated rings. The van der Waals surface area contributed by atoms with Crippen molar-refractivity contribution < 1.29 is 18.3 Å². The molecule has 10 heteroatoms. The summed E-state index contributed by atoms with van der Waals surface area (Å²) in [5, 5.41) is 9.21. The summed E-state index contributed by atoms with van der Waals surface area (Å²) in [5.41, 5.74) is 2.29. The van der Waals surface area contributed by atoms with Crippen LogP contribution in [-0.2, 0) is 14.8 Å². The lowest BCUT2D eigenvalue weighted by molar-refractivity contribution is -0.0750. The minimum absolute atomic E-state index is 0.0230. The van der Waals surface area contributed by atoms with Crippen LogP contribution in [0, 0.1) is 0 Å². The van der Waals surface area contributed by atoms with Gasteiger partial charge in [0.15, 0.2) is 5.82 Å². The van der Waals surface area contributed by atoms with Crippen LogP contribution in [0.2, 0.25) is 0 Å². The van der Waals surface area contributed by atoms with Crippen molar-refractivity contribution in [2.24, 2.45) is 5.84 Å². The summed E-state index contributed by atoms with van der Waals surface area (Å²) in [7, 11) is -3.80. The van der Waals surface area contributed by atoms with E-state index in [1.54, 1.807) is 6.92 Å².